The fourth-order valence-corrected chi connectivity index (χ4v) is 2.25. The van der Waals surface area contributed by atoms with Crippen LogP contribution in [0.5, 0.6) is 0 Å². The van der Waals surface area contributed by atoms with Crippen molar-refractivity contribution in [2.24, 2.45) is 0 Å². The van der Waals surface area contributed by atoms with E-state index in [1.54, 1.807) is 0 Å². The van der Waals surface area contributed by atoms with Crippen molar-refractivity contribution in [3.8, 4) is 5.69 Å². The monoisotopic (exact) mass is 230 g/mol. The van der Waals surface area contributed by atoms with Crippen molar-refractivity contribution in [1.29, 1.82) is 0 Å². The van der Waals surface area contributed by atoms with Crippen LogP contribution in [0.4, 0.5) is 0 Å². The number of nitrogens with zero attached hydrogens (tertiary/aromatic N) is 1. The van der Waals surface area contributed by atoms with E-state index in [1.165, 1.54) is 24.1 Å². The summed E-state index contributed by atoms with van der Waals surface area (Å²) in [6.45, 7) is 2.10. The zero-order chi connectivity index (χ0) is 11.1. The minimum Gasteiger partial charge on any atom is -0.297 e. The summed E-state index contributed by atoms with van der Waals surface area (Å²) in [7, 11) is 0. The first-order valence-corrected chi connectivity index (χ1v) is 6.04. The standard InChI is InChI=1S/C13H14N2S/c1-9-3-2-4-11(7-9)15-13(16)8-12(14-15)10-5-6-10/h2-4,7-8,10,14H,5-6H2,1H3. The van der Waals surface area contributed by atoms with Crippen LogP contribution in [-0.2, 0) is 0 Å². The second-order valence-corrected chi connectivity index (χ2v) is 4.92. The highest BCUT2D eigenvalue weighted by Gasteiger charge is 2.25. The number of nitrogens with one attached hydrogen (secondary N) is 1. The summed E-state index contributed by atoms with van der Waals surface area (Å²) in [4.78, 5) is 0. The number of rotatable bonds is 2. The van der Waals surface area contributed by atoms with Crippen LogP contribution < -0.4 is 0 Å². The number of hydrogen-bond acceptors (Lipinski definition) is 1. The highest BCUT2D eigenvalue weighted by molar-refractivity contribution is 7.71. The third-order valence-corrected chi connectivity index (χ3v) is 3.32. The van der Waals surface area contributed by atoms with Crippen molar-refractivity contribution in [1.82, 2.24) is 9.78 Å². The van der Waals surface area contributed by atoms with Crippen LogP contribution in [0, 0.1) is 11.6 Å². The van der Waals surface area contributed by atoms with E-state index in [4.69, 9.17) is 12.2 Å². The summed E-state index contributed by atoms with van der Waals surface area (Å²) in [5.41, 5.74) is 3.66. The van der Waals surface area contributed by atoms with Crippen LogP contribution in [0.25, 0.3) is 5.69 Å². The molecule has 0 amide bonds. The van der Waals surface area contributed by atoms with E-state index in [-0.39, 0.29) is 0 Å². The van der Waals surface area contributed by atoms with E-state index < -0.39 is 0 Å². The summed E-state index contributed by atoms with van der Waals surface area (Å²) in [5.74, 6) is 0.716. The zero-order valence-electron chi connectivity index (χ0n) is 9.23. The van der Waals surface area contributed by atoms with Crippen LogP contribution in [-0.4, -0.2) is 9.78 Å². The van der Waals surface area contributed by atoms with Gasteiger partial charge < -0.3 is 0 Å². The van der Waals surface area contributed by atoms with E-state index in [9.17, 15) is 0 Å². The second-order valence-electron chi connectivity index (χ2n) is 4.50. The van der Waals surface area contributed by atoms with E-state index >= 15 is 0 Å². The van der Waals surface area contributed by atoms with Crippen molar-refractivity contribution in [2.45, 2.75) is 25.7 Å². The van der Waals surface area contributed by atoms with Gasteiger partial charge in [0.2, 0.25) is 0 Å². The molecule has 1 saturated carbocycles. The molecule has 1 aromatic carbocycles. The molecule has 0 aliphatic heterocycles. The predicted molar refractivity (Wildman–Crippen MR) is 67.7 cm³/mol. The SMILES string of the molecule is Cc1cccc(-n2[nH]c(C3CC3)cc2=S)c1. The van der Waals surface area contributed by atoms with Gasteiger partial charge in [-0.05, 0) is 43.5 Å². The molecule has 3 rings (SSSR count). The molecular weight excluding hydrogens is 216 g/mol. The molecule has 2 nitrogen and oxygen atoms in total. The lowest BCUT2D eigenvalue weighted by atomic mass is 10.2. The van der Waals surface area contributed by atoms with Crippen molar-refractivity contribution in [2.75, 3.05) is 0 Å². The Hall–Kier alpha value is -1.35. The molecule has 0 bridgehead atoms. The Morgan fingerprint density at radius 3 is 2.81 bits per heavy atom. The van der Waals surface area contributed by atoms with E-state index in [0.29, 0.717) is 5.92 Å². The highest BCUT2D eigenvalue weighted by Crippen LogP contribution is 2.39. The van der Waals surface area contributed by atoms with Crippen molar-refractivity contribution >= 4 is 12.2 Å². The molecule has 1 aromatic heterocycles. The van der Waals surface area contributed by atoms with E-state index in [1.807, 2.05) is 4.68 Å². The number of aryl methyl sites for hydroxylation is 1. The number of aromatic nitrogens is 2. The van der Waals surface area contributed by atoms with Gasteiger partial charge in [0.05, 0.1) is 5.69 Å². The third kappa shape index (κ3) is 1.71. The Morgan fingerprint density at radius 1 is 1.31 bits per heavy atom. The quantitative estimate of drug-likeness (QED) is 0.780. The van der Waals surface area contributed by atoms with E-state index in [2.05, 4.69) is 42.4 Å². The number of aromatic amines is 1. The maximum atomic E-state index is 5.38. The Kier molecular flexibility index (Phi) is 2.21. The fraction of sp³-hybridized carbons (Fsp3) is 0.308. The van der Waals surface area contributed by atoms with Gasteiger partial charge in [-0.2, -0.15) is 0 Å². The molecular formula is C13H14N2S. The average molecular weight is 230 g/mol. The third-order valence-electron chi connectivity index (χ3n) is 3.02. The van der Waals surface area contributed by atoms with Gasteiger partial charge in [0.25, 0.3) is 0 Å². The molecule has 1 heterocycles. The van der Waals surface area contributed by atoms with Crippen LogP contribution in [0.1, 0.15) is 30.0 Å². The van der Waals surface area contributed by atoms with Crippen molar-refractivity contribution < 1.29 is 0 Å². The van der Waals surface area contributed by atoms with E-state index in [0.717, 1.165) is 10.3 Å². The molecule has 0 unspecified atom stereocenters. The van der Waals surface area contributed by atoms with Gasteiger partial charge in [-0.25, -0.2) is 4.68 Å². The Bertz CT molecular complexity index is 576. The minimum atomic E-state index is 0.716. The smallest absolute Gasteiger partial charge is 0.127 e. The maximum Gasteiger partial charge on any atom is 0.127 e. The largest absolute Gasteiger partial charge is 0.297 e. The van der Waals surface area contributed by atoms with Crippen molar-refractivity contribution in [3.63, 3.8) is 0 Å². The number of hydrogen-bond donors (Lipinski definition) is 1. The zero-order valence-corrected chi connectivity index (χ0v) is 10.1. The van der Waals surface area contributed by atoms with Crippen LogP contribution >= 0.6 is 12.2 Å². The van der Waals surface area contributed by atoms with Gasteiger partial charge in [0.1, 0.15) is 4.64 Å². The van der Waals surface area contributed by atoms with Crippen LogP contribution in [0.3, 0.4) is 0 Å². The number of benzene rings is 1. The Balaban J connectivity index is 2.08. The first kappa shape index (κ1) is 9.85. The molecule has 3 heteroatoms. The van der Waals surface area contributed by atoms with Gasteiger partial charge in [-0.1, -0.05) is 24.4 Å². The molecule has 16 heavy (non-hydrogen) atoms. The molecule has 1 fully saturated rings. The lowest BCUT2D eigenvalue weighted by Gasteiger charge is -2.03. The van der Waals surface area contributed by atoms with Gasteiger partial charge in [-0.15, -0.1) is 0 Å². The lowest BCUT2D eigenvalue weighted by Crippen LogP contribution is -1.97. The maximum absolute atomic E-state index is 5.38. The van der Waals surface area contributed by atoms with Gasteiger partial charge in [-0.3, -0.25) is 5.10 Å². The van der Waals surface area contributed by atoms with Gasteiger partial charge in [0, 0.05) is 11.6 Å². The van der Waals surface area contributed by atoms with Crippen LogP contribution in [0.2, 0.25) is 0 Å². The summed E-state index contributed by atoms with van der Waals surface area (Å²) < 4.78 is 2.86. The molecule has 0 radical (unpaired) electrons. The van der Waals surface area contributed by atoms with Crippen LogP contribution in [0.15, 0.2) is 30.3 Å². The lowest BCUT2D eigenvalue weighted by molar-refractivity contribution is 0.829. The normalized spacial score (nSPS) is 15.3. The molecule has 1 N–H and O–H groups in total. The first-order valence-electron chi connectivity index (χ1n) is 5.63. The summed E-state index contributed by atoms with van der Waals surface area (Å²) in [6.07, 6.45) is 2.59. The Morgan fingerprint density at radius 2 is 2.12 bits per heavy atom. The second kappa shape index (κ2) is 3.59. The molecule has 2 aromatic rings. The first-order chi connectivity index (χ1) is 7.74. The molecule has 82 valence electrons. The molecule has 0 saturated heterocycles. The van der Waals surface area contributed by atoms with Gasteiger partial charge in [0.15, 0.2) is 0 Å². The average Bonchev–Trinajstić information content (AvgIpc) is 3.02. The highest BCUT2D eigenvalue weighted by atomic mass is 32.1. The topological polar surface area (TPSA) is 20.7 Å². The summed E-state index contributed by atoms with van der Waals surface area (Å²) >= 11 is 5.38. The Labute approximate surface area is 99.9 Å². The molecule has 0 spiro atoms. The molecule has 1 aliphatic rings. The van der Waals surface area contributed by atoms with Gasteiger partial charge >= 0.3 is 0 Å². The molecule has 0 atom stereocenters. The fourth-order valence-electron chi connectivity index (χ4n) is 1.98. The number of H-pyrrole nitrogens is 1. The summed E-state index contributed by atoms with van der Waals surface area (Å²) in [6, 6.07) is 10.5. The van der Waals surface area contributed by atoms with Crippen molar-refractivity contribution in [3.05, 3.63) is 46.2 Å². The molecule has 1 aliphatic carbocycles. The minimum absolute atomic E-state index is 0.716. The summed E-state index contributed by atoms with van der Waals surface area (Å²) in [5, 5.41) is 3.40. The predicted octanol–water partition coefficient (Wildman–Crippen LogP) is 3.72.